The van der Waals surface area contributed by atoms with Gasteiger partial charge >= 0.3 is 0 Å². The van der Waals surface area contributed by atoms with Gasteiger partial charge in [0, 0.05) is 16.7 Å². The third-order valence-electron chi connectivity index (χ3n) is 2.31. The Labute approximate surface area is 103 Å². The van der Waals surface area contributed by atoms with Crippen LogP contribution in [0.2, 0.25) is 0 Å². The summed E-state index contributed by atoms with van der Waals surface area (Å²) in [6.07, 6.45) is 0.891. The molecular weight excluding hydrogens is 266 g/mol. The highest BCUT2D eigenvalue weighted by molar-refractivity contribution is 7.99. The SMILES string of the molecule is O=S(=O)(NC1CCSC1)c1ccc(CO)s1. The van der Waals surface area contributed by atoms with Crippen molar-refractivity contribution in [2.75, 3.05) is 11.5 Å². The predicted molar refractivity (Wildman–Crippen MR) is 66.3 cm³/mol. The summed E-state index contributed by atoms with van der Waals surface area (Å²) in [6.45, 7) is -0.112. The van der Waals surface area contributed by atoms with Crippen molar-refractivity contribution in [2.45, 2.75) is 23.3 Å². The van der Waals surface area contributed by atoms with Crippen LogP contribution in [0.5, 0.6) is 0 Å². The van der Waals surface area contributed by atoms with Gasteiger partial charge in [0.05, 0.1) is 6.61 Å². The first kappa shape index (κ1) is 12.4. The van der Waals surface area contributed by atoms with Crippen molar-refractivity contribution >= 4 is 33.1 Å². The summed E-state index contributed by atoms with van der Waals surface area (Å²) in [5, 5.41) is 8.89. The van der Waals surface area contributed by atoms with Gasteiger partial charge in [0.2, 0.25) is 10.0 Å². The van der Waals surface area contributed by atoms with Crippen molar-refractivity contribution < 1.29 is 13.5 Å². The van der Waals surface area contributed by atoms with Crippen LogP contribution in [-0.2, 0) is 16.6 Å². The molecule has 0 spiro atoms. The van der Waals surface area contributed by atoms with Gasteiger partial charge in [-0.1, -0.05) is 0 Å². The van der Waals surface area contributed by atoms with Gasteiger partial charge in [0.1, 0.15) is 4.21 Å². The molecule has 1 unspecified atom stereocenters. The van der Waals surface area contributed by atoms with Crippen LogP contribution < -0.4 is 4.72 Å². The van der Waals surface area contributed by atoms with Crippen LogP contribution in [0, 0.1) is 0 Å². The van der Waals surface area contributed by atoms with Gasteiger partial charge in [0.15, 0.2) is 0 Å². The lowest BCUT2D eigenvalue weighted by molar-refractivity contribution is 0.285. The molecule has 2 N–H and O–H groups in total. The van der Waals surface area contributed by atoms with E-state index in [-0.39, 0.29) is 16.9 Å². The van der Waals surface area contributed by atoms with E-state index in [1.807, 2.05) is 0 Å². The van der Waals surface area contributed by atoms with E-state index in [1.165, 1.54) is 0 Å². The Morgan fingerprint density at radius 2 is 2.31 bits per heavy atom. The average molecular weight is 279 g/mol. The molecule has 2 heterocycles. The van der Waals surface area contributed by atoms with Crippen LogP contribution in [-0.4, -0.2) is 31.1 Å². The number of nitrogens with one attached hydrogen (secondary N) is 1. The van der Waals surface area contributed by atoms with Crippen molar-refractivity contribution in [3.63, 3.8) is 0 Å². The van der Waals surface area contributed by atoms with Crippen LogP contribution in [0.25, 0.3) is 0 Å². The van der Waals surface area contributed by atoms with E-state index in [4.69, 9.17) is 5.11 Å². The maximum atomic E-state index is 11.9. The Hall–Kier alpha value is -0.0800. The van der Waals surface area contributed by atoms with Crippen molar-refractivity contribution in [2.24, 2.45) is 0 Å². The third kappa shape index (κ3) is 2.78. The van der Waals surface area contributed by atoms with Crippen molar-refractivity contribution in [3.8, 4) is 0 Å². The molecular formula is C9H13NO3S3. The second-order valence-electron chi connectivity index (χ2n) is 3.56. The number of thiophene rings is 1. The van der Waals surface area contributed by atoms with Gasteiger partial charge in [-0.25, -0.2) is 13.1 Å². The van der Waals surface area contributed by atoms with Gasteiger partial charge in [-0.2, -0.15) is 11.8 Å². The van der Waals surface area contributed by atoms with Crippen molar-refractivity contribution in [1.82, 2.24) is 4.72 Å². The van der Waals surface area contributed by atoms with Gasteiger partial charge in [-0.3, -0.25) is 0 Å². The van der Waals surface area contributed by atoms with E-state index in [0.717, 1.165) is 29.3 Å². The Morgan fingerprint density at radius 3 is 2.88 bits per heavy atom. The van der Waals surface area contributed by atoms with E-state index in [9.17, 15) is 8.42 Å². The highest BCUT2D eigenvalue weighted by Gasteiger charge is 2.24. The van der Waals surface area contributed by atoms with Crippen LogP contribution in [0.15, 0.2) is 16.3 Å². The van der Waals surface area contributed by atoms with E-state index in [0.29, 0.717) is 4.88 Å². The van der Waals surface area contributed by atoms with Crippen LogP contribution in [0.4, 0.5) is 0 Å². The van der Waals surface area contributed by atoms with Crippen LogP contribution >= 0.6 is 23.1 Å². The lowest BCUT2D eigenvalue weighted by Gasteiger charge is -2.10. The van der Waals surface area contributed by atoms with E-state index < -0.39 is 10.0 Å². The number of thioether (sulfide) groups is 1. The predicted octanol–water partition coefficient (Wildman–Crippen LogP) is 1.02. The first-order valence-corrected chi connectivity index (χ1v) is 8.37. The Morgan fingerprint density at radius 1 is 1.50 bits per heavy atom. The van der Waals surface area contributed by atoms with Crippen LogP contribution in [0.1, 0.15) is 11.3 Å². The lowest BCUT2D eigenvalue weighted by Crippen LogP contribution is -2.34. The summed E-state index contributed by atoms with van der Waals surface area (Å²) in [7, 11) is -3.39. The summed E-state index contributed by atoms with van der Waals surface area (Å²) in [6, 6.07) is 3.23. The molecule has 1 saturated heterocycles. The quantitative estimate of drug-likeness (QED) is 0.864. The Balaban J connectivity index is 2.11. The number of sulfonamides is 1. The summed E-state index contributed by atoms with van der Waals surface area (Å²) >= 11 is 2.88. The number of hydrogen-bond donors (Lipinski definition) is 2. The molecule has 0 amide bonds. The molecule has 1 aliphatic rings. The molecule has 0 saturated carbocycles. The molecule has 0 radical (unpaired) electrons. The minimum Gasteiger partial charge on any atom is -0.391 e. The lowest BCUT2D eigenvalue weighted by atomic mass is 10.3. The minimum atomic E-state index is -3.39. The molecule has 1 aromatic rings. The van der Waals surface area contributed by atoms with Crippen molar-refractivity contribution in [1.29, 1.82) is 0 Å². The molecule has 1 aliphatic heterocycles. The molecule has 4 nitrogen and oxygen atoms in total. The molecule has 1 aromatic heterocycles. The molecule has 7 heteroatoms. The highest BCUT2D eigenvalue weighted by atomic mass is 32.2. The van der Waals surface area contributed by atoms with Gasteiger partial charge in [-0.05, 0) is 24.3 Å². The normalized spacial score (nSPS) is 21.4. The summed E-state index contributed by atoms with van der Waals surface area (Å²) < 4.78 is 26.8. The van der Waals surface area contributed by atoms with Crippen molar-refractivity contribution in [3.05, 3.63) is 17.0 Å². The number of aliphatic hydroxyl groups excluding tert-OH is 1. The fourth-order valence-corrected chi connectivity index (χ4v) is 5.25. The Kier molecular flexibility index (Phi) is 3.91. The summed E-state index contributed by atoms with van der Waals surface area (Å²) in [5.41, 5.74) is 0. The molecule has 0 aliphatic carbocycles. The van der Waals surface area contributed by atoms with Gasteiger partial charge < -0.3 is 5.11 Å². The number of rotatable bonds is 4. The topological polar surface area (TPSA) is 66.4 Å². The third-order valence-corrected chi connectivity index (χ3v) is 6.55. The monoisotopic (exact) mass is 279 g/mol. The fourth-order valence-electron chi connectivity index (χ4n) is 1.49. The van der Waals surface area contributed by atoms with Gasteiger partial charge in [-0.15, -0.1) is 11.3 Å². The molecule has 1 fully saturated rings. The van der Waals surface area contributed by atoms with E-state index in [2.05, 4.69) is 4.72 Å². The molecule has 2 rings (SSSR count). The minimum absolute atomic E-state index is 0.0506. The first-order chi connectivity index (χ1) is 7.62. The fraction of sp³-hybridized carbons (Fsp3) is 0.556. The zero-order valence-electron chi connectivity index (χ0n) is 8.55. The zero-order valence-corrected chi connectivity index (χ0v) is 11.0. The standard InChI is InChI=1S/C9H13NO3S3/c11-5-8-1-2-9(15-8)16(12,13)10-7-3-4-14-6-7/h1-2,7,10-11H,3-6H2. The number of aliphatic hydroxyl groups is 1. The molecule has 90 valence electrons. The average Bonchev–Trinajstić information content (AvgIpc) is 2.85. The van der Waals surface area contributed by atoms with Gasteiger partial charge in [0.25, 0.3) is 0 Å². The second-order valence-corrected chi connectivity index (χ2v) is 7.82. The molecule has 0 bridgehead atoms. The van der Waals surface area contributed by atoms with E-state index >= 15 is 0 Å². The second kappa shape index (κ2) is 5.05. The Bertz CT molecular complexity index is 448. The molecule has 16 heavy (non-hydrogen) atoms. The largest absolute Gasteiger partial charge is 0.391 e. The maximum Gasteiger partial charge on any atom is 0.250 e. The molecule has 1 atom stereocenters. The highest BCUT2D eigenvalue weighted by Crippen LogP contribution is 2.24. The summed E-state index contributed by atoms with van der Waals surface area (Å²) in [4.78, 5) is 0.668. The zero-order chi connectivity index (χ0) is 11.6. The number of hydrogen-bond acceptors (Lipinski definition) is 5. The smallest absolute Gasteiger partial charge is 0.250 e. The van der Waals surface area contributed by atoms with E-state index in [1.54, 1.807) is 23.9 Å². The molecule has 0 aromatic carbocycles. The van der Waals surface area contributed by atoms with Crippen LogP contribution in [0.3, 0.4) is 0 Å². The first-order valence-electron chi connectivity index (χ1n) is 4.91. The maximum absolute atomic E-state index is 11.9. The summed E-state index contributed by atoms with van der Waals surface area (Å²) in [5.74, 6) is 1.86.